The normalized spacial score (nSPS) is 16.1. The van der Waals surface area contributed by atoms with Crippen LogP contribution >= 0.6 is 11.3 Å². The van der Waals surface area contributed by atoms with Gasteiger partial charge in [-0.2, -0.15) is 0 Å². The van der Waals surface area contributed by atoms with Gasteiger partial charge in [-0.1, -0.05) is 33.8 Å². The van der Waals surface area contributed by atoms with Gasteiger partial charge in [0.05, 0.1) is 5.56 Å². The molecular formula is C27H35N3O2S. The van der Waals surface area contributed by atoms with Crippen molar-refractivity contribution in [3.63, 3.8) is 0 Å². The van der Waals surface area contributed by atoms with Gasteiger partial charge in [-0.25, -0.2) is 0 Å². The molecule has 0 spiro atoms. The summed E-state index contributed by atoms with van der Waals surface area (Å²) in [5.41, 5.74) is 11.5. The van der Waals surface area contributed by atoms with Crippen LogP contribution in [0.15, 0.2) is 18.2 Å². The number of carbonyl (C=O) groups is 2. The predicted octanol–water partition coefficient (Wildman–Crippen LogP) is 6.10. The maximum atomic E-state index is 13.6. The molecule has 0 aliphatic heterocycles. The van der Waals surface area contributed by atoms with Crippen molar-refractivity contribution in [2.24, 2.45) is 17.1 Å². The largest absolute Gasteiger partial charge is 0.365 e. The highest BCUT2D eigenvalue weighted by Crippen LogP contribution is 2.44. The highest BCUT2D eigenvalue weighted by molar-refractivity contribution is 7.17. The van der Waals surface area contributed by atoms with E-state index in [1.165, 1.54) is 21.8 Å². The van der Waals surface area contributed by atoms with Crippen LogP contribution in [0.25, 0.3) is 10.9 Å². The minimum Gasteiger partial charge on any atom is -0.365 e. The Morgan fingerprint density at radius 1 is 1.24 bits per heavy atom. The number of primary amides is 1. The minimum absolute atomic E-state index is 0.183. The number of nitrogens with zero attached hydrogens (tertiary/aromatic N) is 1. The van der Waals surface area contributed by atoms with Crippen LogP contribution in [-0.4, -0.2) is 16.4 Å². The number of carbonyl (C=O) groups excluding carboxylic acids is 2. The maximum Gasteiger partial charge on any atom is 0.273 e. The molecule has 176 valence electrons. The van der Waals surface area contributed by atoms with Gasteiger partial charge in [0.2, 0.25) is 0 Å². The van der Waals surface area contributed by atoms with E-state index in [2.05, 4.69) is 62.7 Å². The van der Waals surface area contributed by atoms with Crippen molar-refractivity contribution in [2.45, 2.75) is 73.8 Å². The monoisotopic (exact) mass is 465 g/mol. The number of thiophene rings is 1. The second-order valence-electron chi connectivity index (χ2n) is 10.3. The van der Waals surface area contributed by atoms with E-state index in [9.17, 15) is 9.59 Å². The molecule has 2 aromatic heterocycles. The van der Waals surface area contributed by atoms with Crippen molar-refractivity contribution in [1.82, 2.24) is 4.57 Å². The highest BCUT2D eigenvalue weighted by atomic mass is 32.1. The van der Waals surface area contributed by atoms with Crippen LogP contribution in [0.5, 0.6) is 0 Å². The van der Waals surface area contributed by atoms with Crippen molar-refractivity contribution >= 4 is 39.1 Å². The Bertz CT molecular complexity index is 1240. The lowest BCUT2D eigenvalue weighted by molar-refractivity contribution is 0.1000. The van der Waals surface area contributed by atoms with Crippen LogP contribution in [0, 0.1) is 18.3 Å². The third-order valence-corrected chi connectivity index (χ3v) is 8.45. The fourth-order valence-corrected chi connectivity index (χ4v) is 6.57. The van der Waals surface area contributed by atoms with Gasteiger partial charge in [-0.05, 0) is 79.7 Å². The van der Waals surface area contributed by atoms with E-state index < -0.39 is 5.91 Å². The fourth-order valence-electron chi connectivity index (χ4n) is 5.25. The molecule has 2 amide bonds. The summed E-state index contributed by atoms with van der Waals surface area (Å²) in [6.07, 6.45) is 3.74. The summed E-state index contributed by atoms with van der Waals surface area (Å²) in [5.74, 6) is -0.0972. The number of rotatable bonds is 5. The van der Waals surface area contributed by atoms with Crippen LogP contribution < -0.4 is 11.1 Å². The van der Waals surface area contributed by atoms with Gasteiger partial charge in [-0.15, -0.1) is 11.3 Å². The summed E-state index contributed by atoms with van der Waals surface area (Å²) < 4.78 is 2.06. The molecule has 5 nitrogen and oxygen atoms in total. The van der Waals surface area contributed by atoms with E-state index in [0.717, 1.165) is 47.7 Å². The number of nitrogens with two attached hydrogens (primary N) is 1. The molecule has 0 radical (unpaired) electrons. The van der Waals surface area contributed by atoms with Gasteiger partial charge in [0, 0.05) is 22.3 Å². The molecule has 6 heteroatoms. The SMILES string of the molecule is CCc1ccc2c(c1)c(C)c(C(=O)Nc1sc3c(c1C(N)=O)CCC(C(C)(C)C)C3)n2CC. The molecular weight excluding hydrogens is 430 g/mol. The summed E-state index contributed by atoms with van der Waals surface area (Å²) >= 11 is 1.52. The zero-order valence-electron chi connectivity index (χ0n) is 20.6. The molecule has 1 unspecified atom stereocenters. The summed E-state index contributed by atoms with van der Waals surface area (Å²) in [6.45, 7) is 13.7. The van der Waals surface area contributed by atoms with Crippen molar-refractivity contribution in [3.05, 3.63) is 51.0 Å². The summed E-state index contributed by atoms with van der Waals surface area (Å²) in [4.78, 5) is 27.2. The van der Waals surface area contributed by atoms with Gasteiger partial charge in [0.1, 0.15) is 10.7 Å². The molecule has 33 heavy (non-hydrogen) atoms. The van der Waals surface area contributed by atoms with Gasteiger partial charge in [0.15, 0.2) is 0 Å². The van der Waals surface area contributed by atoms with E-state index >= 15 is 0 Å². The topological polar surface area (TPSA) is 77.1 Å². The molecule has 2 heterocycles. The van der Waals surface area contributed by atoms with Crippen molar-refractivity contribution in [2.75, 3.05) is 5.32 Å². The Labute approximate surface area is 200 Å². The molecule has 1 atom stereocenters. The molecule has 3 aromatic rings. The lowest BCUT2D eigenvalue weighted by Gasteiger charge is -2.33. The number of aryl methyl sites for hydroxylation is 3. The Morgan fingerprint density at radius 2 is 1.97 bits per heavy atom. The molecule has 1 aromatic carbocycles. The third-order valence-electron chi connectivity index (χ3n) is 7.28. The highest BCUT2D eigenvalue weighted by Gasteiger charge is 2.34. The quantitative estimate of drug-likeness (QED) is 0.478. The number of amides is 2. The predicted molar refractivity (Wildman–Crippen MR) is 137 cm³/mol. The lowest BCUT2D eigenvalue weighted by Crippen LogP contribution is -2.27. The molecule has 0 bridgehead atoms. The first kappa shape index (κ1) is 23.6. The van der Waals surface area contributed by atoms with Gasteiger partial charge < -0.3 is 15.6 Å². The number of nitrogens with one attached hydrogen (secondary N) is 1. The van der Waals surface area contributed by atoms with E-state index in [1.54, 1.807) is 0 Å². The van der Waals surface area contributed by atoms with Crippen molar-refractivity contribution in [1.29, 1.82) is 0 Å². The zero-order valence-corrected chi connectivity index (χ0v) is 21.4. The number of hydrogen-bond acceptors (Lipinski definition) is 3. The molecule has 3 N–H and O–H groups in total. The summed E-state index contributed by atoms with van der Waals surface area (Å²) in [6, 6.07) is 6.41. The maximum absolute atomic E-state index is 13.6. The molecule has 1 aliphatic rings. The molecule has 0 saturated carbocycles. The average molecular weight is 466 g/mol. The van der Waals surface area contributed by atoms with Crippen LogP contribution in [0.3, 0.4) is 0 Å². The van der Waals surface area contributed by atoms with E-state index in [-0.39, 0.29) is 11.3 Å². The van der Waals surface area contributed by atoms with Crippen LogP contribution in [0.1, 0.15) is 83.5 Å². The molecule has 4 rings (SSSR count). The Kier molecular flexibility index (Phi) is 6.16. The van der Waals surface area contributed by atoms with E-state index in [0.29, 0.717) is 28.7 Å². The Morgan fingerprint density at radius 3 is 2.58 bits per heavy atom. The fraction of sp³-hybridized carbons (Fsp3) is 0.481. The first-order valence-corrected chi connectivity index (χ1v) is 12.8. The standard InChI is InChI=1S/C27H35N3O2S/c1-7-16-9-12-20-19(13-16)15(3)23(30(20)8-2)25(32)29-26-22(24(28)31)18-11-10-17(27(4,5)6)14-21(18)33-26/h9,12-13,17H,7-8,10-11,14H2,1-6H3,(H2,28,31)(H,29,32). The molecule has 0 fully saturated rings. The number of aromatic nitrogens is 1. The smallest absolute Gasteiger partial charge is 0.273 e. The second-order valence-corrected chi connectivity index (χ2v) is 11.4. The number of benzene rings is 1. The number of fused-ring (bicyclic) bond motifs is 2. The number of anilines is 1. The second kappa shape index (κ2) is 8.64. The first-order valence-electron chi connectivity index (χ1n) is 11.9. The van der Waals surface area contributed by atoms with Gasteiger partial charge in [-0.3, -0.25) is 9.59 Å². The Hall–Kier alpha value is -2.60. The van der Waals surface area contributed by atoms with Crippen LogP contribution in [0.4, 0.5) is 5.00 Å². The van der Waals surface area contributed by atoms with Crippen molar-refractivity contribution < 1.29 is 9.59 Å². The van der Waals surface area contributed by atoms with Gasteiger partial charge in [0.25, 0.3) is 11.8 Å². The molecule has 0 saturated heterocycles. The zero-order chi connectivity index (χ0) is 24.1. The van der Waals surface area contributed by atoms with Crippen LogP contribution in [0.2, 0.25) is 0 Å². The summed E-state index contributed by atoms with van der Waals surface area (Å²) in [7, 11) is 0. The van der Waals surface area contributed by atoms with Crippen molar-refractivity contribution in [3.8, 4) is 0 Å². The average Bonchev–Trinajstić information content (AvgIpc) is 3.26. The third kappa shape index (κ3) is 4.10. The van der Waals surface area contributed by atoms with E-state index in [1.807, 2.05) is 6.92 Å². The summed E-state index contributed by atoms with van der Waals surface area (Å²) in [5, 5.41) is 4.78. The Balaban J connectivity index is 1.74. The first-order chi connectivity index (χ1) is 15.6. The van der Waals surface area contributed by atoms with Gasteiger partial charge >= 0.3 is 0 Å². The lowest BCUT2D eigenvalue weighted by atomic mass is 9.72. The minimum atomic E-state index is -0.461. The number of hydrogen-bond donors (Lipinski definition) is 2. The van der Waals surface area contributed by atoms with Crippen LogP contribution in [-0.2, 0) is 25.8 Å². The molecule has 1 aliphatic carbocycles. The van der Waals surface area contributed by atoms with E-state index in [4.69, 9.17) is 5.73 Å².